The summed E-state index contributed by atoms with van der Waals surface area (Å²) in [7, 11) is 0. The Kier molecular flexibility index (Phi) is 12.8. The van der Waals surface area contributed by atoms with Crippen molar-refractivity contribution in [1.29, 1.82) is 5.41 Å². The predicted octanol–water partition coefficient (Wildman–Crippen LogP) is 3.36. The summed E-state index contributed by atoms with van der Waals surface area (Å²) in [6.45, 7) is 5.66. The lowest BCUT2D eigenvalue weighted by Crippen LogP contribution is -2.22. The molecule has 0 spiro atoms. The molecule has 6 nitrogen and oxygen atoms in total. The number of hydrogen-bond acceptors (Lipinski definition) is 4. The van der Waals surface area contributed by atoms with E-state index in [0.717, 1.165) is 62.4 Å². The Morgan fingerprint density at radius 1 is 1.04 bits per heavy atom. The van der Waals surface area contributed by atoms with Crippen molar-refractivity contribution in [3.8, 4) is 5.75 Å². The zero-order chi connectivity index (χ0) is 19.7. The minimum atomic E-state index is 0.195. The summed E-state index contributed by atoms with van der Waals surface area (Å²) in [5, 5.41) is 10.8. The lowest BCUT2D eigenvalue weighted by Gasteiger charge is -2.10. The Bertz CT molecular complexity index is 556. The SMILES string of the molecule is Cc1cc(C=N)ccc1OCCCCNCCCCCCCCN=C(N)N. The summed E-state index contributed by atoms with van der Waals surface area (Å²) >= 11 is 0. The summed E-state index contributed by atoms with van der Waals surface area (Å²) in [5.41, 5.74) is 12.6. The van der Waals surface area contributed by atoms with Crippen LogP contribution in [0.25, 0.3) is 0 Å². The molecule has 0 aliphatic rings. The van der Waals surface area contributed by atoms with E-state index >= 15 is 0 Å². The predicted molar refractivity (Wildman–Crippen MR) is 115 cm³/mol. The molecule has 0 aliphatic carbocycles. The molecule has 0 fully saturated rings. The molecule has 0 amide bonds. The molecule has 0 bridgehead atoms. The number of aliphatic imine (C=N–C) groups is 1. The van der Waals surface area contributed by atoms with E-state index in [0.29, 0.717) is 0 Å². The quantitative estimate of drug-likeness (QED) is 0.202. The van der Waals surface area contributed by atoms with Crippen molar-refractivity contribution < 1.29 is 4.74 Å². The summed E-state index contributed by atoms with van der Waals surface area (Å²) in [6, 6.07) is 5.85. The molecule has 0 unspecified atom stereocenters. The van der Waals surface area contributed by atoms with E-state index in [9.17, 15) is 0 Å². The van der Waals surface area contributed by atoms with E-state index in [1.807, 2.05) is 25.1 Å². The van der Waals surface area contributed by atoms with Crippen molar-refractivity contribution in [2.45, 2.75) is 58.3 Å². The van der Waals surface area contributed by atoms with Gasteiger partial charge in [-0.3, -0.25) is 4.99 Å². The third kappa shape index (κ3) is 12.0. The largest absolute Gasteiger partial charge is 0.493 e. The van der Waals surface area contributed by atoms with Crippen molar-refractivity contribution in [2.75, 3.05) is 26.2 Å². The molecular formula is C21H37N5O. The van der Waals surface area contributed by atoms with Gasteiger partial charge in [-0.25, -0.2) is 0 Å². The van der Waals surface area contributed by atoms with Gasteiger partial charge in [-0.2, -0.15) is 0 Å². The van der Waals surface area contributed by atoms with Gasteiger partial charge in [0.05, 0.1) is 6.61 Å². The average Bonchev–Trinajstić information content (AvgIpc) is 2.65. The molecule has 1 aromatic rings. The Balaban J connectivity index is 1.87. The molecule has 1 rings (SSSR count). The van der Waals surface area contributed by atoms with Crippen LogP contribution >= 0.6 is 0 Å². The van der Waals surface area contributed by atoms with Crippen molar-refractivity contribution in [1.82, 2.24) is 5.32 Å². The monoisotopic (exact) mass is 375 g/mol. The van der Waals surface area contributed by atoms with Crippen LogP contribution in [-0.2, 0) is 0 Å². The van der Waals surface area contributed by atoms with Crippen molar-refractivity contribution in [3.05, 3.63) is 29.3 Å². The first kappa shape index (κ1) is 23.0. The fraction of sp³-hybridized carbons (Fsp3) is 0.619. The lowest BCUT2D eigenvalue weighted by atomic mass is 10.1. The average molecular weight is 376 g/mol. The van der Waals surface area contributed by atoms with E-state index < -0.39 is 0 Å². The molecule has 0 saturated carbocycles. The molecule has 0 atom stereocenters. The highest BCUT2D eigenvalue weighted by Crippen LogP contribution is 2.18. The first-order valence-electron chi connectivity index (χ1n) is 10.1. The summed E-state index contributed by atoms with van der Waals surface area (Å²) in [6.07, 6.45) is 10.9. The molecular weight excluding hydrogens is 338 g/mol. The third-order valence-corrected chi connectivity index (χ3v) is 4.43. The van der Waals surface area contributed by atoms with E-state index in [1.54, 1.807) is 0 Å². The molecule has 6 N–H and O–H groups in total. The van der Waals surface area contributed by atoms with Crippen LogP contribution in [0.5, 0.6) is 5.75 Å². The molecule has 6 heteroatoms. The Morgan fingerprint density at radius 3 is 2.37 bits per heavy atom. The number of nitrogens with one attached hydrogen (secondary N) is 2. The van der Waals surface area contributed by atoms with Gasteiger partial charge in [0, 0.05) is 12.8 Å². The van der Waals surface area contributed by atoms with Crippen LogP contribution in [0, 0.1) is 12.3 Å². The maximum atomic E-state index is 7.26. The minimum absolute atomic E-state index is 0.195. The van der Waals surface area contributed by atoms with Gasteiger partial charge in [0.1, 0.15) is 5.75 Å². The van der Waals surface area contributed by atoms with Gasteiger partial charge < -0.3 is 26.9 Å². The first-order valence-corrected chi connectivity index (χ1v) is 10.1. The van der Waals surface area contributed by atoms with Gasteiger partial charge in [-0.05, 0) is 75.0 Å². The molecule has 152 valence electrons. The number of hydrogen-bond donors (Lipinski definition) is 4. The molecule has 0 aromatic heterocycles. The second-order valence-electron chi connectivity index (χ2n) is 6.90. The summed E-state index contributed by atoms with van der Waals surface area (Å²) < 4.78 is 5.82. The van der Waals surface area contributed by atoms with Gasteiger partial charge in [-0.15, -0.1) is 0 Å². The summed E-state index contributed by atoms with van der Waals surface area (Å²) in [5.74, 6) is 1.12. The molecule has 27 heavy (non-hydrogen) atoms. The molecule has 0 saturated heterocycles. The zero-order valence-electron chi connectivity index (χ0n) is 16.8. The van der Waals surface area contributed by atoms with Crippen molar-refractivity contribution in [3.63, 3.8) is 0 Å². The molecule has 0 radical (unpaired) electrons. The van der Waals surface area contributed by atoms with E-state index in [-0.39, 0.29) is 5.96 Å². The summed E-state index contributed by atoms with van der Waals surface area (Å²) in [4.78, 5) is 3.99. The normalized spacial score (nSPS) is 10.6. The van der Waals surface area contributed by atoms with Crippen LogP contribution in [0.3, 0.4) is 0 Å². The van der Waals surface area contributed by atoms with Crippen LogP contribution in [-0.4, -0.2) is 38.4 Å². The highest BCUT2D eigenvalue weighted by molar-refractivity contribution is 5.77. The minimum Gasteiger partial charge on any atom is -0.493 e. The van der Waals surface area contributed by atoms with Crippen molar-refractivity contribution in [2.24, 2.45) is 16.5 Å². The Morgan fingerprint density at radius 2 is 1.70 bits per heavy atom. The number of ether oxygens (including phenoxy) is 1. The Labute approximate surface area is 164 Å². The number of guanidine groups is 1. The number of rotatable bonds is 16. The molecule has 0 aliphatic heterocycles. The topological polar surface area (TPSA) is 110 Å². The van der Waals surface area contributed by atoms with E-state index in [2.05, 4.69) is 10.3 Å². The van der Waals surface area contributed by atoms with Crippen LogP contribution in [0.2, 0.25) is 0 Å². The van der Waals surface area contributed by atoms with Gasteiger partial charge in [0.15, 0.2) is 5.96 Å². The highest BCUT2D eigenvalue weighted by Gasteiger charge is 2.00. The second kappa shape index (κ2) is 15.0. The van der Waals surface area contributed by atoms with Gasteiger partial charge >= 0.3 is 0 Å². The van der Waals surface area contributed by atoms with Gasteiger partial charge in [0.2, 0.25) is 0 Å². The van der Waals surface area contributed by atoms with Crippen LogP contribution < -0.4 is 21.5 Å². The fourth-order valence-electron chi connectivity index (χ4n) is 2.86. The number of nitrogens with two attached hydrogens (primary N) is 2. The molecule has 0 heterocycles. The first-order chi connectivity index (χ1) is 13.1. The third-order valence-electron chi connectivity index (χ3n) is 4.43. The number of aryl methyl sites for hydroxylation is 1. The van der Waals surface area contributed by atoms with E-state index in [4.69, 9.17) is 21.6 Å². The van der Waals surface area contributed by atoms with Crippen LogP contribution in [0.4, 0.5) is 0 Å². The second-order valence-corrected chi connectivity index (χ2v) is 6.90. The van der Waals surface area contributed by atoms with Crippen LogP contribution in [0.1, 0.15) is 62.5 Å². The standard InChI is InChI=1S/C21H37N5O/c1-18-16-19(17-22)10-11-20(18)27-15-9-8-13-25-12-6-4-2-3-5-7-14-26-21(23)24/h10-11,16-17,22,25H,2-9,12-15H2,1H3,(H4,23,24,26). The fourth-order valence-corrected chi connectivity index (χ4v) is 2.86. The molecule has 1 aromatic carbocycles. The Hall–Kier alpha value is -2.08. The lowest BCUT2D eigenvalue weighted by molar-refractivity contribution is 0.304. The van der Waals surface area contributed by atoms with E-state index in [1.165, 1.54) is 38.3 Å². The number of unbranched alkanes of at least 4 members (excludes halogenated alkanes) is 6. The van der Waals surface area contributed by atoms with Crippen LogP contribution in [0.15, 0.2) is 23.2 Å². The smallest absolute Gasteiger partial charge is 0.185 e. The maximum absolute atomic E-state index is 7.26. The maximum Gasteiger partial charge on any atom is 0.185 e. The van der Waals surface area contributed by atoms with Gasteiger partial charge in [0.25, 0.3) is 0 Å². The zero-order valence-corrected chi connectivity index (χ0v) is 16.8. The van der Waals surface area contributed by atoms with Crippen molar-refractivity contribution >= 4 is 12.2 Å². The highest BCUT2D eigenvalue weighted by atomic mass is 16.5. The number of nitrogens with zero attached hydrogens (tertiary/aromatic N) is 1. The van der Waals surface area contributed by atoms with Gasteiger partial charge in [-0.1, -0.05) is 25.7 Å². The number of benzene rings is 1.